The van der Waals surface area contributed by atoms with E-state index in [-0.39, 0.29) is 8.85 Å². The Morgan fingerprint density at radius 3 is 0.829 bits per heavy atom. The summed E-state index contributed by atoms with van der Waals surface area (Å²) in [5.41, 5.74) is 8.30. The molecule has 0 radical (unpaired) electrons. The van der Waals surface area contributed by atoms with Crippen molar-refractivity contribution >= 4 is 0 Å². The number of aryl methyl sites for hydroxylation is 4. The molecule has 202 valence electrons. The number of hydrogen-bond acceptors (Lipinski definition) is 0. The van der Waals surface area contributed by atoms with E-state index in [9.17, 15) is 0 Å². The summed E-state index contributed by atoms with van der Waals surface area (Å²) < 4.78 is 0. The smallest absolute Gasteiger partial charge is 0 e. The van der Waals surface area contributed by atoms with Crippen LogP contribution in [0.5, 0.6) is 0 Å². The maximum absolute atomic E-state index is 2.37. The molecule has 2 fully saturated rings. The van der Waals surface area contributed by atoms with E-state index in [1.807, 2.05) is 0 Å². The molecule has 2 aromatic rings. The van der Waals surface area contributed by atoms with Crippen LogP contribution in [0.4, 0.5) is 0 Å². The second-order valence-electron chi connectivity index (χ2n) is 11.8. The quantitative estimate of drug-likeness (QED) is 0.349. The van der Waals surface area contributed by atoms with E-state index in [1.165, 1.54) is 84.7 Å². The second-order valence-corrected chi connectivity index (χ2v) is 11.8. The maximum atomic E-state index is 2.37. The van der Waals surface area contributed by atoms with E-state index in [0.29, 0.717) is 0 Å². The van der Waals surface area contributed by atoms with Gasteiger partial charge in [-0.2, -0.15) is 0 Å². The Kier molecular flexibility index (Phi) is 17.0. The first-order valence-corrected chi connectivity index (χ1v) is 14.1. The van der Waals surface area contributed by atoms with Crippen molar-refractivity contribution in [3.63, 3.8) is 0 Å². The molecule has 0 heteroatoms. The Balaban J connectivity index is 0. The van der Waals surface area contributed by atoms with Crippen molar-refractivity contribution in [1.82, 2.24) is 0 Å². The van der Waals surface area contributed by atoms with E-state index in [1.54, 1.807) is 0 Å². The van der Waals surface area contributed by atoms with Gasteiger partial charge < -0.3 is 0 Å². The van der Waals surface area contributed by atoms with Crippen LogP contribution < -0.4 is 0 Å². The van der Waals surface area contributed by atoms with E-state index in [4.69, 9.17) is 0 Å². The molecule has 2 aliphatic rings. The average Bonchev–Trinajstić information content (AvgIpc) is 2.82. The van der Waals surface area contributed by atoms with Crippen molar-refractivity contribution in [2.75, 3.05) is 0 Å². The highest BCUT2D eigenvalue weighted by molar-refractivity contribution is 5.37. The van der Waals surface area contributed by atoms with Crippen LogP contribution in [-0.2, 0) is 0 Å². The molecule has 0 bridgehead atoms. The predicted molar refractivity (Wildman–Crippen MR) is 164 cm³/mol. The van der Waals surface area contributed by atoms with Crippen molar-refractivity contribution in [3.8, 4) is 0 Å². The van der Waals surface area contributed by atoms with Crippen LogP contribution in [0, 0.1) is 65.2 Å². The Labute approximate surface area is 222 Å². The second kappa shape index (κ2) is 17.8. The van der Waals surface area contributed by atoms with Gasteiger partial charge in [0.1, 0.15) is 0 Å². The fourth-order valence-electron chi connectivity index (χ4n) is 4.58. The van der Waals surface area contributed by atoms with Crippen molar-refractivity contribution in [3.05, 3.63) is 69.8 Å². The third kappa shape index (κ3) is 14.6. The van der Waals surface area contributed by atoms with Crippen LogP contribution in [0.2, 0.25) is 0 Å². The summed E-state index contributed by atoms with van der Waals surface area (Å²) in [5.74, 6) is 4.08. The largest absolute Gasteiger partial charge is 0.0776 e. The van der Waals surface area contributed by atoms with Crippen LogP contribution >= 0.6 is 0 Å². The molecule has 0 aliphatic heterocycles. The van der Waals surface area contributed by atoms with Gasteiger partial charge in [-0.3, -0.25) is 0 Å². The fourth-order valence-corrected chi connectivity index (χ4v) is 4.58. The van der Waals surface area contributed by atoms with Crippen molar-refractivity contribution in [2.24, 2.45) is 23.7 Å². The van der Waals surface area contributed by atoms with Crippen LogP contribution in [-0.4, -0.2) is 0 Å². The van der Waals surface area contributed by atoms with E-state index in [0.717, 1.165) is 23.7 Å². The summed E-state index contributed by atoms with van der Waals surface area (Å²) in [6.07, 6.45) is 11.8. The fraction of sp³-hybridized carbons (Fsp3) is 0.657. The first-order valence-electron chi connectivity index (χ1n) is 14.1. The number of rotatable bonds is 0. The van der Waals surface area contributed by atoms with E-state index < -0.39 is 0 Å². The molecule has 4 rings (SSSR count). The highest BCUT2D eigenvalue weighted by Crippen LogP contribution is 2.28. The van der Waals surface area contributed by atoms with Crippen LogP contribution in [0.1, 0.15) is 121 Å². The molecule has 2 aliphatic carbocycles. The predicted octanol–water partition coefficient (Wildman–Crippen LogP) is 11.8. The summed E-state index contributed by atoms with van der Waals surface area (Å²) in [7, 11) is 0. The zero-order valence-corrected chi connectivity index (χ0v) is 24.4. The Hall–Kier alpha value is -1.56. The van der Waals surface area contributed by atoms with Crippen LogP contribution in [0.15, 0.2) is 36.4 Å². The van der Waals surface area contributed by atoms with Crippen LogP contribution in [0.3, 0.4) is 0 Å². The average molecular weight is 484 g/mol. The lowest BCUT2D eigenvalue weighted by Gasteiger charge is -2.22. The van der Waals surface area contributed by atoms with Gasteiger partial charge >= 0.3 is 0 Å². The Morgan fingerprint density at radius 2 is 0.629 bits per heavy atom. The minimum absolute atomic E-state index is 0. The molecule has 0 atom stereocenters. The number of hydrogen-bond donors (Lipinski definition) is 0. The van der Waals surface area contributed by atoms with Gasteiger partial charge in [-0.25, -0.2) is 0 Å². The molecule has 0 saturated heterocycles. The van der Waals surface area contributed by atoms with E-state index in [2.05, 4.69) is 106 Å². The summed E-state index contributed by atoms with van der Waals surface area (Å²) in [5, 5.41) is 0. The van der Waals surface area contributed by atoms with Crippen LogP contribution in [0.25, 0.3) is 0 Å². The lowest BCUT2D eigenvalue weighted by atomic mass is 9.84. The zero-order valence-electron chi connectivity index (χ0n) is 24.4. The molecular weight excluding hydrogens is 420 g/mol. The molecule has 0 spiro atoms. The monoisotopic (exact) mass is 483 g/mol. The first kappa shape index (κ1) is 33.4. The number of benzene rings is 2. The molecule has 0 unspecified atom stereocenters. The normalized spacial score (nSPS) is 23.1. The molecular formula is C35H62. The van der Waals surface area contributed by atoms with Gasteiger partial charge in [0, 0.05) is 1.43 Å². The molecule has 0 heterocycles. The minimum atomic E-state index is 0. The summed E-state index contributed by atoms with van der Waals surface area (Å²) >= 11 is 0. The van der Waals surface area contributed by atoms with Gasteiger partial charge in [-0.1, -0.05) is 134 Å². The van der Waals surface area contributed by atoms with E-state index >= 15 is 0 Å². The zero-order chi connectivity index (χ0) is 25.7. The van der Waals surface area contributed by atoms with Gasteiger partial charge in [0.05, 0.1) is 0 Å². The third-order valence-corrected chi connectivity index (χ3v) is 8.16. The van der Waals surface area contributed by atoms with Crippen molar-refractivity contribution in [2.45, 2.75) is 128 Å². The molecule has 0 aromatic heterocycles. The molecule has 0 amide bonds. The summed E-state index contributed by atoms with van der Waals surface area (Å²) in [6.45, 7) is 22.3. The van der Waals surface area contributed by atoms with Gasteiger partial charge in [0.15, 0.2) is 0 Å². The van der Waals surface area contributed by atoms with Crippen molar-refractivity contribution < 1.29 is 1.43 Å². The molecule has 0 N–H and O–H groups in total. The molecule has 0 nitrogen and oxygen atoms in total. The molecule has 35 heavy (non-hydrogen) atoms. The minimum Gasteiger partial charge on any atom is -0.0776 e. The van der Waals surface area contributed by atoms with Crippen molar-refractivity contribution in [1.29, 1.82) is 0 Å². The highest BCUT2D eigenvalue weighted by Gasteiger charge is 2.13. The molecule has 2 aromatic carbocycles. The standard InChI is InChI=1S/C10H14.2C8H16.C8H10.CH4.H2/c1-7-5-6-8(2)10(4)9(7)3;3*1-7-3-5-8(2)6-4-7;;/h5-6H,1-4H3;2*7-8H,3-6H2,1-2H3;3-6H,1-2H3;1H4;1H/i;;;;;1+1. The molecule has 2 saturated carbocycles. The van der Waals surface area contributed by atoms with Gasteiger partial charge in [-0.05, 0) is 87.5 Å². The SMILES string of the molecule is C.CC1CCC(C)CC1.CC1CCC(C)CC1.Cc1ccc(C)c(C)c1C.Cc1ccc(C)cc1.[2HH]. The topological polar surface area (TPSA) is 0 Å². The Morgan fingerprint density at radius 1 is 0.429 bits per heavy atom. The maximum Gasteiger partial charge on any atom is 0 e. The van der Waals surface area contributed by atoms with Gasteiger partial charge in [-0.15, -0.1) is 0 Å². The summed E-state index contributed by atoms with van der Waals surface area (Å²) in [4.78, 5) is 0. The highest BCUT2D eigenvalue weighted by atomic mass is 14.2. The third-order valence-electron chi connectivity index (χ3n) is 8.16. The lowest BCUT2D eigenvalue weighted by Crippen LogP contribution is -2.08. The van der Waals surface area contributed by atoms with Gasteiger partial charge in [0.25, 0.3) is 0 Å². The first-order chi connectivity index (χ1) is 16.0. The Bertz CT molecular complexity index is 700. The lowest BCUT2D eigenvalue weighted by molar-refractivity contribution is 0.308. The van der Waals surface area contributed by atoms with Gasteiger partial charge in [0.2, 0.25) is 0 Å². The summed E-state index contributed by atoms with van der Waals surface area (Å²) in [6, 6.07) is 12.8.